The van der Waals surface area contributed by atoms with Crippen LogP contribution in [0.2, 0.25) is 0 Å². The molecule has 2 aliphatic carbocycles. The maximum absolute atomic E-state index is 9.45. The lowest BCUT2D eigenvalue weighted by atomic mass is 9.54. The third-order valence-corrected chi connectivity index (χ3v) is 8.73. The van der Waals surface area contributed by atoms with Gasteiger partial charge in [0, 0.05) is 16.7 Å². The highest BCUT2D eigenvalue weighted by Crippen LogP contribution is 2.55. The van der Waals surface area contributed by atoms with E-state index in [0.29, 0.717) is 23.0 Å². The van der Waals surface area contributed by atoms with Crippen LogP contribution in [0.4, 0.5) is 0 Å². The highest BCUT2D eigenvalue weighted by atomic mass is 15.0. The Kier molecular flexibility index (Phi) is 6.54. The number of nitriles is 1. The van der Waals surface area contributed by atoms with E-state index in [1.165, 1.54) is 44.1 Å². The van der Waals surface area contributed by atoms with Crippen LogP contribution in [0.25, 0.3) is 34.2 Å². The molecule has 0 radical (unpaired) electrons. The van der Waals surface area contributed by atoms with Gasteiger partial charge >= 0.3 is 0 Å². The summed E-state index contributed by atoms with van der Waals surface area (Å²) in [5.74, 6) is 4.32. The first-order valence-electron chi connectivity index (χ1n) is 14.0. The molecule has 0 amide bonds. The van der Waals surface area contributed by atoms with E-state index in [-0.39, 0.29) is 5.41 Å². The van der Waals surface area contributed by atoms with Crippen molar-refractivity contribution >= 4 is 0 Å². The maximum Gasteiger partial charge on any atom is 0.164 e. The van der Waals surface area contributed by atoms with Crippen LogP contribution in [0, 0.1) is 29.1 Å². The maximum atomic E-state index is 9.45. The van der Waals surface area contributed by atoms with Gasteiger partial charge in [0.2, 0.25) is 0 Å². The fourth-order valence-electron chi connectivity index (χ4n) is 7.22. The van der Waals surface area contributed by atoms with Crippen molar-refractivity contribution in [1.29, 1.82) is 5.26 Å². The van der Waals surface area contributed by atoms with Crippen molar-refractivity contribution in [2.45, 2.75) is 57.8 Å². The summed E-state index contributed by atoms with van der Waals surface area (Å²) in [4.78, 5) is 14.8. The first kappa shape index (κ1) is 24.5. The minimum atomic E-state index is 0.247. The Morgan fingerprint density at radius 2 is 1.42 bits per heavy atom. The van der Waals surface area contributed by atoms with Gasteiger partial charge in [-0.2, -0.15) is 5.26 Å². The van der Waals surface area contributed by atoms with Gasteiger partial charge in [0.15, 0.2) is 17.5 Å². The topological polar surface area (TPSA) is 62.5 Å². The number of benzene rings is 3. The molecule has 3 aromatic carbocycles. The molecule has 0 aliphatic heterocycles. The monoisotopic (exact) mass is 498 g/mol. The summed E-state index contributed by atoms with van der Waals surface area (Å²) in [5, 5.41) is 9.45. The van der Waals surface area contributed by atoms with Crippen molar-refractivity contribution in [2.24, 2.45) is 17.8 Å². The Bertz CT molecular complexity index is 1480. The second kappa shape index (κ2) is 10.1. The number of hydrogen-bond acceptors (Lipinski definition) is 4. The lowest BCUT2D eigenvalue weighted by Gasteiger charge is -2.51. The molecule has 1 aromatic heterocycles. The van der Waals surface area contributed by atoms with Crippen molar-refractivity contribution in [3.8, 4) is 40.2 Å². The molecule has 1 unspecified atom stereocenters. The Balaban J connectivity index is 1.47. The normalized spacial score (nSPS) is 24.5. The predicted molar refractivity (Wildman–Crippen MR) is 152 cm³/mol. The Morgan fingerprint density at radius 1 is 0.763 bits per heavy atom. The Morgan fingerprint density at radius 3 is 2.13 bits per heavy atom. The van der Waals surface area contributed by atoms with E-state index < -0.39 is 0 Å². The lowest BCUT2D eigenvalue weighted by molar-refractivity contribution is 0.0703. The zero-order chi connectivity index (χ0) is 26.1. The molecule has 0 saturated heterocycles. The zero-order valence-corrected chi connectivity index (χ0v) is 22.3. The van der Waals surface area contributed by atoms with E-state index in [9.17, 15) is 5.26 Å². The van der Waals surface area contributed by atoms with Crippen molar-refractivity contribution in [3.63, 3.8) is 0 Å². The van der Waals surface area contributed by atoms with Gasteiger partial charge in [0.05, 0.1) is 11.6 Å². The summed E-state index contributed by atoms with van der Waals surface area (Å²) in [5.41, 5.74) is 5.08. The molecule has 6 rings (SSSR count). The van der Waals surface area contributed by atoms with Crippen molar-refractivity contribution in [1.82, 2.24) is 15.0 Å². The molecule has 0 N–H and O–H groups in total. The molecule has 2 saturated carbocycles. The highest BCUT2D eigenvalue weighted by Gasteiger charge is 2.45. The SMILES string of the molecule is CC[C@H]1C[C@H]2C[C@@H](C)CC(c3cccc(-c4nc(-c5ccccc5)nc(-c5cccc(C#N)c5)n4)c3)(C2)C1. The van der Waals surface area contributed by atoms with Gasteiger partial charge in [-0.05, 0) is 79.0 Å². The van der Waals surface area contributed by atoms with Gasteiger partial charge in [-0.1, -0.05) is 80.9 Å². The van der Waals surface area contributed by atoms with E-state index in [1.807, 2.05) is 48.5 Å². The molecule has 190 valence electrons. The van der Waals surface area contributed by atoms with E-state index in [4.69, 9.17) is 15.0 Å². The second-order valence-corrected chi connectivity index (χ2v) is 11.6. The van der Waals surface area contributed by atoms with Gasteiger partial charge in [-0.15, -0.1) is 0 Å². The summed E-state index contributed by atoms with van der Waals surface area (Å²) < 4.78 is 0. The molecule has 4 heteroatoms. The van der Waals surface area contributed by atoms with Gasteiger partial charge in [-0.25, -0.2) is 15.0 Å². The quantitative estimate of drug-likeness (QED) is 0.278. The zero-order valence-electron chi connectivity index (χ0n) is 22.3. The van der Waals surface area contributed by atoms with Crippen LogP contribution < -0.4 is 0 Å². The molecule has 4 aromatic rings. The number of aromatic nitrogens is 3. The van der Waals surface area contributed by atoms with E-state index in [0.717, 1.165) is 34.4 Å². The number of hydrogen-bond donors (Lipinski definition) is 0. The largest absolute Gasteiger partial charge is 0.208 e. The van der Waals surface area contributed by atoms with E-state index in [2.05, 4.69) is 44.2 Å². The van der Waals surface area contributed by atoms with Crippen LogP contribution in [-0.2, 0) is 5.41 Å². The molecular formula is C34H34N4. The molecule has 0 spiro atoms. The van der Waals surface area contributed by atoms with Crippen LogP contribution in [-0.4, -0.2) is 15.0 Å². The summed E-state index contributed by atoms with van der Waals surface area (Å²) >= 11 is 0. The summed E-state index contributed by atoms with van der Waals surface area (Å²) in [6.45, 7) is 4.80. The van der Waals surface area contributed by atoms with Crippen molar-refractivity contribution < 1.29 is 0 Å². The smallest absolute Gasteiger partial charge is 0.164 e. The minimum absolute atomic E-state index is 0.247. The van der Waals surface area contributed by atoms with Gasteiger partial charge in [0.25, 0.3) is 0 Å². The first-order chi connectivity index (χ1) is 18.5. The van der Waals surface area contributed by atoms with Crippen LogP contribution in [0.5, 0.6) is 0 Å². The number of fused-ring (bicyclic) bond motifs is 2. The number of rotatable bonds is 5. The van der Waals surface area contributed by atoms with Gasteiger partial charge in [0.1, 0.15) is 0 Å². The van der Waals surface area contributed by atoms with E-state index in [1.54, 1.807) is 6.07 Å². The number of nitrogens with zero attached hydrogens (tertiary/aromatic N) is 4. The highest BCUT2D eigenvalue weighted by molar-refractivity contribution is 5.67. The molecule has 4 atom stereocenters. The third kappa shape index (κ3) is 4.74. The molecule has 2 bridgehead atoms. The molecule has 1 heterocycles. The second-order valence-electron chi connectivity index (χ2n) is 11.6. The van der Waals surface area contributed by atoms with Gasteiger partial charge < -0.3 is 0 Å². The Labute approximate surface area is 225 Å². The fraction of sp³-hybridized carbons (Fsp3) is 0.353. The molecule has 4 nitrogen and oxygen atoms in total. The molecule has 38 heavy (non-hydrogen) atoms. The summed E-state index contributed by atoms with van der Waals surface area (Å²) in [6, 6.07) is 28.8. The third-order valence-electron chi connectivity index (χ3n) is 8.73. The Hall–Kier alpha value is -3.84. The predicted octanol–water partition coefficient (Wildman–Crippen LogP) is 8.24. The molecule has 2 aliphatic rings. The average Bonchev–Trinajstić information content (AvgIpc) is 2.97. The lowest BCUT2D eigenvalue weighted by Crippen LogP contribution is -2.42. The molecule has 2 fully saturated rings. The summed E-state index contributed by atoms with van der Waals surface area (Å²) in [7, 11) is 0. The van der Waals surface area contributed by atoms with E-state index >= 15 is 0 Å². The van der Waals surface area contributed by atoms with Crippen molar-refractivity contribution in [3.05, 3.63) is 90.0 Å². The van der Waals surface area contributed by atoms with Crippen molar-refractivity contribution in [2.75, 3.05) is 0 Å². The molecular weight excluding hydrogens is 464 g/mol. The fourth-order valence-corrected chi connectivity index (χ4v) is 7.22. The first-order valence-corrected chi connectivity index (χ1v) is 14.0. The van der Waals surface area contributed by atoms with Crippen LogP contribution in [0.15, 0.2) is 78.9 Å². The summed E-state index contributed by atoms with van der Waals surface area (Å²) in [6.07, 6.45) is 7.88. The minimum Gasteiger partial charge on any atom is -0.208 e. The average molecular weight is 499 g/mol. The van der Waals surface area contributed by atoms with Crippen LogP contribution in [0.3, 0.4) is 0 Å². The van der Waals surface area contributed by atoms with Gasteiger partial charge in [-0.3, -0.25) is 0 Å². The van der Waals surface area contributed by atoms with Crippen LogP contribution >= 0.6 is 0 Å². The van der Waals surface area contributed by atoms with Crippen LogP contribution in [0.1, 0.15) is 63.5 Å². The standard InChI is InChI=1S/C34H34N4/c1-3-24-16-26-15-23(2)19-34(20-24,21-26)30-14-8-13-29(18-30)33-37-31(27-10-5-4-6-11-27)36-32(38-33)28-12-7-9-25(17-28)22-35/h4-14,17-18,23-24,26H,3,15-16,19-21H2,1-2H3/t23-,24+,26-,34?/m1/s1.